The summed E-state index contributed by atoms with van der Waals surface area (Å²) in [5.74, 6) is -5.04. The van der Waals surface area contributed by atoms with Crippen LogP contribution in [0, 0.1) is 22.7 Å². The van der Waals surface area contributed by atoms with E-state index in [1.54, 1.807) is 118 Å². The monoisotopic (exact) mass is 1290 g/mol. The number of carboxylic acid groups (broad SMARTS) is 1. The minimum Gasteiger partial charge on any atom is -0.870 e. The summed E-state index contributed by atoms with van der Waals surface area (Å²) >= 11 is 16.9. The van der Waals surface area contributed by atoms with E-state index in [1.807, 2.05) is 24.3 Å². The first-order chi connectivity index (χ1) is 40.6. The van der Waals surface area contributed by atoms with Crippen LogP contribution < -0.4 is 51.0 Å². The van der Waals surface area contributed by atoms with Gasteiger partial charge in [0.05, 0.1) is 57.9 Å². The van der Waals surface area contributed by atoms with Crippen LogP contribution in [0.4, 0.5) is 0 Å². The predicted octanol–water partition coefficient (Wildman–Crippen LogP) is 2.55. The smallest absolute Gasteiger partial charge is 0.870 e. The van der Waals surface area contributed by atoms with E-state index in [2.05, 4.69) is 52.1 Å². The van der Waals surface area contributed by atoms with Gasteiger partial charge in [0, 0.05) is 36.3 Å². The Bertz CT molecular complexity index is 3220. The van der Waals surface area contributed by atoms with Crippen molar-refractivity contribution in [2.24, 2.45) is 22.7 Å². The van der Waals surface area contributed by atoms with E-state index < -0.39 is 111 Å². The van der Waals surface area contributed by atoms with Crippen LogP contribution in [-0.2, 0) is 43.1 Å². The largest absolute Gasteiger partial charge is 1.00 e. The number of aliphatic hydroxyl groups is 2. The maximum atomic E-state index is 13.4. The number of esters is 1. The zero-order chi connectivity index (χ0) is 64.9. The van der Waals surface area contributed by atoms with Crippen LogP contribution in [0.15, 0.2) is 61.2 Å². The third-order valence-corrected chi connectivity index (χ3v) is 14.8. The van der Waals surface area contributed by atoms with Crippen molar-refractivity contribution in [2.75, 3.05) is 19.7 Å². The zero-order valence-corrected chi connectivity index (χ0v) is 54.7. The maximum Gasteiger partial charge on any atom is 1.00 e. The number of nitrogens with one attached hydrogen (secondary N) is 6. The molecule has 0 saturated carbocycles. The van der Waals surface area contributed by atoms with Crippen LogP contribution in [0.25, 0.3) is 34.0 Å². The number of rotatable bonds is 21. The topological polar surface area (TPSA) is 367 Å². The van der Waals surface area contributed by atoms with Crippen molar-refractivity contribution in [1.29, 1.82) is 0 Å². The van der Waals surface area contributed by atoms with Crippen molar-refractivity contribution in [3.8, 4) is 0 Å². The summed E-state index contributed by atoms with van der Waals surface area (Å²) in [4.78, 5) is 120. The van der Waals surface area contributed by atoms with Gasteiger partial charge in [-0.1, -0.05) is 74.6 Å². The van der Waals surface area contributed by atoms with Gasteiger partial charge in [-0.25, -0.2) is 10.9 Å². The van der Waals surface area contributed by atoms with Gasteiger partial charge in [-0.15, -0.1) is 0 Å². The Morgan fingerprint density at radius 1 is 0.618 bits per heavy atom. The van der Waals surface area contributed by atoms with Crippen molar-refractivity contribution in [2.45, 2.75) is 161 Å². The fraction of sp³-hybridized carbons (Fsp3) is 0.533. The van der Waals surface area contributed by atoms with E-state index in [-0.39, 0.29) is 42.1 Å². The fourth-order valence-corrected chi connectivity index (χ4v) is 9.09. The Morgan fingerprint density at radius 2 is 1.00 bits per heavy atom. The minimum absolute atomic E-state index is 0. The molecule has 6 amide bonds. The number of fused-ring (bicyclic) bond motifs is 2. The van der Waals surface area contributed by atoms with E-state index >= 15 is 0 Å². The third-order valence-electron chi connectivity index (χ3n) is 14.5. The first kappa shape index (κ1) is 76.9. The van der Waals surface area contributed by atoms with Gasteiger partial charge in [-0.3, -0.25) is 68.3 Å². The molecule has 0 spiro atoms. The second-order valence-electron chi connectivity index (χ2n) is 23.6. The van der Waals surface area contributed by atoms with Gasteiger partial charge in [-0.05, 0) is 140 Å². The summed E-state index contributed by atoms with van der Waals surface area (Å²) in [5, 5.41) is 44.1. The standard InChI is InChI=1S/C31H41Cl3N6O6.C29H40N6O6.Li.H2O/c1-17(2)25(26(42)37-18(3)27(43)40-11-7-8-23(39-40)28(44)46-16-31(32,33)34)38-29(45)30(5,6)10-9-22-13-20-12-21(19(4)41)14-36-24(20)15-35-22;1-16(2)24(25(37)32-17(3)26(38)35-11-7-8-22(34-35)27(39)40)33-28(41)29(5,6)10-9-21-13-19-12-20(18(4)36)14-31-23(19)15-30-21;;/h9-10,12-15,17-19,23,25,39,41H,7-8,11,16H2,1-6H3,(H,37,42)(H,38,45);9-10,12-18,22,24,34,36H,7-8,11H2,1-6H3,(H,32,37)(H,33,41)(H,39,40);;1H2/q;;+1;/p-1/b2*10-9+;;/t18-,19+,23-,25-;17-,18+,22-,24-;;/m00../s1. The Kier molecular flexibility index (Phi) is 29.0. The predicted molar refractivity (Wildman–Crippen MR) is 331 cm³/mol. The molecule has 89 heavy (non-hydrogen) atoms. The molecule has 0 unspecified atom stereocenters. The number of carbonyl (C=O) groups excluding carboxylic acids is 7. The average molecular weight is 1290 g/mol. The number of alkyl halides is 3. The molecular weight excluding hydrogens is 1210 g/mol. The Labute approximate surface area is 545 Å². The molecule has 482 valence electrons. The number of carbonyl (C=O) groups is 8. The number of nitrogens with zero attached hydrogens (tertiary/aromatic N) is 6. The molecule has 0 aliphatic carbocycles. The number of halogens is 3. The summed E-state index contributed by atoms with van der Waals surface area (Å²) in [6.45, 7) is 20.6. The van der Waals surface area contributed by atoms with Crippen molar-refractivity contribution in [1.82, 2.24) is 62.1 Å². The van der Waals surface area contributed by atoms with Crippen LogP contribution in [-0.4, -0.2) is 158 Å². The number of amides is 6. The number of aliphatic carboxylic acids is 1. The summed E-state index contributed by atoms with van der Waals surface area (Å²) < 4.78 is 3.27. The van der Waals surface area contributed by atoms with Gasteiger partial charge in [-0.2, -0.15) is 0 Å². The molecule has 0 bridgehead atoms. The normalized spacial score (nSPS) is 17.7. The molecule has 0 radical (unpaired) electrons. The average Bonchev–Trinajstić information content (AvgIpc) is 2.04. The first-order valence-electron chi connectivity index (χ1n) is 28.7. The number of ether oxygens (including phenoxy) is 1. The third kappa shape index (κ3) is 22.5. The van der Waals surface area contributed by atoms with Gasteiger partial charge in [0.25, 0.3) is 11.8 Å². The van der Waals surface area contributed by atoms with Gasteiger partial charge >= 0.3 is 30.8 Å². The molecule has 29 heteroatoms. The molecule has 4 aromatic rings. The minimum atomic E-state index is -1.76. The molecule has 6 rings (SSSR count). The molecule has 10 N–H and O–H groups in total. The zero-order valence-electron chi connectivity index (χ0n) is 52.4. The molecule has 4 aromatic heterocycles. The van der Waals surface area contributed by atoms with Crippen molar-refractivity contribution in [3.63, 3.8) is 0 Å². The molecule has 25 nitrogen and oxygen atoms in total. The molecule has 6 heterocycles. The van der Waals surface area contributed by atoms with Crippen molar-refractivity contribution < 1.29 is 82.7 Å². The van der Waals surface area contributed by atoms with E-state index in [4.69, 9.17) is 39.5 Å². The fourth-order valence-electron chi connectivity index (χ4n) is 8.92. The van der Waals surface area contributed by atoms with E-state index in [0.29, 0.717) is 72.3 Å². The number of carboxylic acids is 1. The summed E-state index contributed by atoms with van der Waals surface area (Å²) in [6, 6.07) is 1.88. The Morgan fingerprint density at radius 3 is 1.36 bits per heavy atom. The second-order valence-corrected chi connectivity index (χ2v) is 26.2. The summed E-state index contributed by atoms with van der Waals surface area (Å²) in [5.41, 5.74) is 7.40. The molecule has 2 fully saturated rings. The van der Waals surface area contributed by atoms with Crippen LogP contribution in [0.1, 0.15) is 143 Å². The van der Waals surface area contributed by atoms with Crippen LogP contribution in [0.3, 0.4) is 0 Å². The number of aliphatic hydroxyl groups excluding tert-OH is 2. The number of hydrogen-bond acceptors (Lipinski definition) is 18. The van der Waals surface area contributed by atoms with Crippen LogP contribution in [0.2, 0.25) is 0 Å². The van der Waals surface area contributed by atoms with Gasteiger partial charge in [0.1, 0.15) is 42.9 Å². The maximum absolute atomic E-state index is 13.4. The van der Waals surface area contributed by atoms with Gasteiger partial charge in [0.2, 0.25) is 27.4 Å². The van der Waals surface area contributed by atoms with Crippen molar-refractivity contribution in [3.05, 3.63) is 83.7 Å². The molecule has 2 aliphatic rings. The van der Waals surface area contributed by atoms with Crippen LogP contribution in [0.5, 0.6) is 0 Å². The Hall–Kier alpha value is -6.37. The SMILES string of the molecule is CC(C)[C@H](NC(=O)C(C)(C)/C=C/c1cc2cc([C@@H](C)O)cnc2cn1)C(=O)N[C@@H](C)C(=O)N1CCC[C@@H](C(=O)O)N1.CC(C)[C@H](NC(=O)C(C)(C)/C=C/c1cc2cc([C@@H](C)O)cnc2cn1)C(=O)N[C@@H](C)C(=O)N1CCC[C@@H](C(=O)OCC(Cl)(Cl)Cl)N1.[Li+].[OH-]. The second kappa shape index (κ2) is 33.6. The summed E-state index contributed by atoms with van der Waals surface area (Å²) in [6.07, 6.45) is 13.8. The Balaban J connectivity index is 0.000000458. The van der Waals surface area contributed by atoms with E-state index in [9.17, 15) is 53.7 Å². The van der Waals surface area contributed by atoms with E-state index in [1.165, 1.54) is 23.9 Å². The summed E-state index contributed by atoms with van der Waals surface area (Å²) in [7, 11) is 0. The number of hydrogen-bond donors (Lipinski definition) is 9. The molecule has 8 atom stereocenters. The molecule has 0 aromatic carbocycles. The first-order valence-corrected chi connectivity index (χ1v) is 29.8. The van der Waals surface area contributed by atoms with Crippen molar-refractivity contribution >= 4 is 116 Å². The molecule has 2 saturated heterocycles. The van der Waals surface area contributed by atoms with Gasteiger partial charge in [0.15, 0.2) is 0 Å². The number of aromatic nitrogens is 4. The number of hydrazine groups is 2. The molecule has 2 aliphatic heterocycles. The van der Waals surface area contributed by atoms with Crippen LogP contribution >= 0.6 is 34.8 Å². The molecular formula is C60H82Cl3LiN12O13. The van der Waals surface area contributed by atoms with Gasteiger partial charge < -0.3 is 46.8 Å². The number of pyridine rings is 4. The van der Waals surface area contributed by atoms with E-state index in [0.717, 1.165) is 10.8 Å². The quantitative estimate of drug-likeness (QED) is 0.0329.